The fraction of sp³-hybridized carbons (Fsp3) is 0.167. The molecule has 7 nitrogen and oxygen atoms in total. The lowest BCUT2D eigenvalue weighted by molar-refractivity contribution is -0.134. The van der Waals surface area contributed by atoms with Crippen LogP contribution >= 0.6 is 0 Å². The Kier molecular flexibility index (Phi) is 4.71. The normalized spacial score (nSPS) is 16.0. The lowest BCUT2D eigenvalue weighted by Gasteiger charge is -2.20. The summed E-state index contributed by atoms with van der Waals surface area (Å²) in [4.78, 5) is 30.0. The summed E-state index contributed by atoms with van der Waals surface area (Å²) in [5, 5.41) is 6.08. The standard InChI is InChI=1S/C24H20N4O3/c1-16-8-10-17(11-9-16)19-13-21(22-7-4-12-31-22)28(26-19)24(30)15-27-20-6-3-2-5-18(20)25-14-23(27)29/h2-12,14,21H,13,15H2,1H3. The van der Waals surface area contributed by atoms with Crippen molar-refractivity contribution in [2.45, 2.75) is 25.9 Å². The van der Waals surface area contributed by atoms with Gasteiger partial charge >= 0.3 is 0 Å². The van der Waals surface area contributed by atoms with Crippen molar-refractivity contribution < 1.29 is 9.21 Å². The highest BCUT2D eigenvalue weighted by Crippen LogP contribution is 2.33. The van der Waals surface area contributed by atoms with Crippen LogP contribution in [-0.2, 0) is 11.3 Å². The third kappa shape index (κ3) is 3.54. The minimum absolute atomic E-state index is 0.135. The van der Waals surface area contributed by atoms with E-state index in [0.29, 0.717) is 23.2 Å². The molecule has 0 bridgehead atoms. The molecule has 1 amide bonds. The maximum Gasteiger partial charge on any atom is 0.269 e. The van der Waals surface area contributed by atoms with E-state index < -0.39 is 0 Å². The predicted molar refractivity (Wildman–Crippen MR) is 117 cm³/mol. The predicted octanol–water partition coefficient (Wildman–Crippen LogP) is 3.68. The van der Waals surface area contributed by atoms with Crippen LogP contribution in [0.5, 0.6) is 0 Å². The summed E-state index contributed by atoms with van der Waals surface area (Å²) >= 11 is 0. The number of benzene rings is 2. The zero-order valence-corrected chi connectivity index (χ0v) is 16.9. The summed E-state index contributed by atoms with van der Waals surface area (Å²) in [6.07, 6.45) is 3.36. The van der Waals surface area contributed by atoms with Crippen molar-refractivity contribution in [1.29, 1.82) is 0 Å². The van der Waals surface area contributed by atoms with Gasteiger partial charge in [0.2, 0.25) is 0 Å². The van der Waals surface area contributed by atoms with Crippen molar-refractivity contribution >= 4 is 22.7 Å². The highest BCUT2D eigenvalue weighted by Gasteiger charge is 2.35. The molecule has 3 heterocycles. The zero-order valence-electron chi connectivity index (χ0n) is 16.9. The molecule has 0 N–H and O–H groups in total. The number of carbonyl (C=O) groups excluding carboxylic acids is 1. The van der Waals surface area contributed by atoms with Crippen LogP contribution in [0.3, 0.4) is 0 Å². The highest BCUT2D eigenvalue weighted by atomic mass is 16.3. The molecular formula is C24H20N4O3. The van der Waals surface area contributed by atoms with Crippen molar-refractivity contribution in [3.63, 3.8) is 0 Å². The summed E-state index contributed by atoms with van der Waals surface area (Å²) in [5.41, 5.74) is 3.86. The number of hydrazone groups is 1. The molecule has 1 atom stereocenters. The van der Waals surface area contributed by atoms with Gasteiger partial charge in [0.15, 0.2) is 0 Å². The molecule has 0 fully saturated rings. The van der Waals surface area contributed by atoms with E-state index in [4.69, 9.17) is 4.42 Å². The van der Waals surface area contributed by atoms with E-state index in [2.05, 4.69) is 10.1 Å². The molecule has 154 valence electrons. The molecule has 0 spiro atoms. The van der Waals surface area contributed by atoms with Gasteiger partial charge in [0.1, 0.15) is 18.3 Å². The zero-order chi connectivity index (χ0) is 21.4. The van der Waals surface area contributed by atoms with Crippen molar-refractivity contribution in [1.82, 2.24) is 14.6 Å². The fourth-order valence-corrected chi connectivity index (χ4v) is 3.85. The summed E-state index contributed by atoms with van der Waals surface area (Å²) in [7, 11) is 0. The highest BCUT2D eigenvalue weighted by molar-refractivity contribution is 6.03. The molecular weight excluding hydrogens is 392 g/mol. The summed E-state index contributed by atoms with van der Waals surface area (Å²) in [5.74, 6) is 0.369. The van der Waals surface area contributed by atoms with Gasteiger partial charge in [-0.1, -0.05) is 42.0 Å². The van der Waals surface area contributed by atoms with Crippen LogP contribution in [-0.4, -0.2) is 26.2 Å². The van der Waals surface area contributed by atoms with Crippen LogP contribution in [0.1, 0.15) is 29.3 Å². The van der Waals surface area contributed by atoms with Crippen LogP contribution in [0.25, 0.3) is 11.0 Å². The molecule has 1 unspecified atom stereocenters. The van der Waals surface area contributed by atoms with Gasteiger partial charge in [-0.3, -0.25) is 14.2 Å². The summed E-state index contributed by atoms with van der Waals surface area (Å²) in [6.45, 7) is 1.89. The first-order valence-electron chi connectivity index (χ1n) is 10.0. The second-order valence-corrected chi connectivity index (χ2v) is 7.56. The molecule has 7 heteroatoms. The van der Waals surface area contributed by atoms with E-state index in [-0.39, 0.29) is 24.1 Å². The quantitative estimate of drug-likeness (QED) is 0.512. The average molecular weight is 412 g/mol. The molecule has 31 heavy (non-hydrogen) atoms. The van der Waals surface area contributed by atoms with E-state index in [1.54, 1.807) is 18.4 Å². The number of furan rings is 1. The number of hydrogen-bond acceptors (Lipinski definition) is 5. The van der Waals surface area contributed by atoms with Crippen molar-refractivity contribution in [2.75, 3.05) is 0 Å². The van der Waals surface area contributed by atoms with E-state index in [1.165, 1.54) is 15.8 Å². The Morgan fingerprint density at radius 2 is 1.90 bits per heavy atom. The van der Waals surface area contributed by atoms with Gasteiger partial charge < -0.3 is 4.42 Å². The number of carbonyl (C=O) groups is 1. The number of hydrogen-bond donors (Lipinski definition) is 0. The molecule has 0 aliphatic carbocycles. The molecule has 1 aliphatic rings. The number of fused-ring (bicyclic) bond motifs is 1. The van der Waals surface area contributed by atoms with Crippen LogP contribution in [0, 0.1) is 6.92 Å². The number of aromatic nitrogens is 2. The van der Waals surface area contributed by atoms with Crippen LogP contribution in [0.4, 0.5) is 0 Å². The molecule has 2 aromatic heterocycles. The Balaban J connectivity index is 1.51. The van der Waals surface area contributed by atoms with E-state index in [0.717, 1.165) is 16.8 Å². The Morgan fingerprint density at radius 3 is 2.68 bits per heavy atom. The van der Waals surface area contributed by atoms with Gasteiger partial charge in [-0.25, -0.2) is 9.99 Å². The number of nitrogens with zero attached hydrogens (tertiary/aromatic N) is 4. The number of amides is 1. The van der Waals surface area contributed by atoms with E-state index >= 15 is 0 Å². The lowest BCUT2D eigenvalue weighted by Crippen LogP contribution is -2.34. The van der Waals surface area contributed by atoms with Gasteiger partial charge in [0.25, 0.3) is 11.5 Å². The molecule has 0 saturated heterocycles. The largest absolute Gasteiger partial charge is 0.467 e. The smallest absolute Gasteiger partial charge is 0.269 e. The van der Waals surface area contributed by atoms with Crippen LogP contribution in [0.15, 0.2) is 87.4 Å². The summed E-state index contributed by atoms with van der Waals surface area (Å²) < 4.78 is 7.03. The number of aryl methyl sites for hydroxylation is 1. The van der Waals surface area contributed by atoms with Gasteiger partial charge in [0, 0.05) is 6.42 Å². The maximum absolute atomic E-state index is 13.3. The van der Waals surface area contributed by atoms with Gasteiger partial charge in [-0.05, 0) is 36.8 Å². The monoisotopic (exact) mass is 412 g/mol. The Hall–Kier alpha value is -4.00. The third-order valence-electron chi connectivity index (χ3n) is 5.47. The van der Waals surface area contributed by atoms with E-state index in [9.17, 15) is 9.59 Å². The van der Waals surface area contributed by atoms with Gasteiger partial charge in [0.05, 0.1) is 29.2 Å². The SMILES string of the molecule is Cc1ccc(C2=NN(C(=O)Cn3c(=O)cnc4ccccc43)C(c3ccco3)C2)cc1. The average Bonchev–Trinajstić information content (AvgIpc) is 3.46. The first-order chi connectivity index (χ1) is 15.1. The summed E-state index contributed by atoms with van der Waals surface area (Å²) in [6, 6.07) is 18.6. The fourth-order valence-electron chi connectivity index (χ4n) is 3.85. The molecule has 0 saturated carbocycles. The topological polar surface area (TPSA) is 80.7 Å². The molecule has 4 aromatic rings. The first-order valence-corrected chi connectivity index (χ1v) is 10.0. The van der Waals surface area contributed by atoms with Gasteiger partial charge in [-0.2, -0.15) is 5.10 Å². The van der Waals surface area contributed by atoms with Gasteiger partial charge in [-0.15, -0.1) is 0 Å². The number of para-hydroxylation sites is 2. The number of rotatable bonds is 4. The van der Waals surface area contributed by atoms with Crippen LogP contribution in [0.2, 0.25) is 0 Å². The minimum Gasteiger partial charge on any atom is -0.467 e. The maximum atomic E-state index is 13.3. The Labute approximate surface area is 178 Å². The van der Waals surface area contributed by atoms with Crippen molar-refractivity contribution in [2.24, 2.45) is 5.10 Å². The molecule has 5 rings (SSSR count). The van der Waals surface area contributed by atoms with E-state index in [1.807, 2.05) is 55.5 Å². The van der Waals surface area contributed by atoms with Crippen molar-refractivity contribution in [3.05, 3.63) is 100 Å². The molecule has 0 radical (unpaired) electrons. The minimum atomic E-state index is -0.359. The molecule has 1 aliphatic heterocycles. The molecule has 2 aromatic carbocycles. The first kappa shape index (κ1) is 19.0. The van der Waals surface area contributed by atoms with Crippen molar-refractivity contribution in [3.8, 4) is 0 Å². The van der Waals surface area contributed by atoms with Crippen LogP contribution < -0.4 is 5.56 Å². The Bertz CT molecular complexity index is 1340. The Morgan fingerprint density at radius 1 is 1.10 bits per heavy atom. The second kappa shape index (κ2) is 7.68. The lowest BCUT2D eigenvalue weighted by atomic mass is 10.0. The second-order valence-electron chi connectivity index (χ2n) is 7.56. The third-order valence-corrected chi connectivity index (χ3v) is 5.47.